The van der Waals surface area contributed by atoms with Gasteiger partial charge in [0.05, 0.1) is 11.8 Å². The third-order valence-electron chi connectivity index (χ3n) is 3.95. The molecule has 25 heavy (non-hydrogen) atoms. The van der Waals surface area contributed by atoms with Crippen molar-refractivity contribution in [2.24, 2.45) is 0 Å². The molecule has 1 aromatic rings. The van der Waals surface area contributed by atoms with Crippen LogP contribution < -0.4 is 10.0 Å². The molecule has 1 aliphatic rings. The Hall–Kier alpha value is -0.860. The number of benzene rings is 1. The van der Waals surface area contributed by atoms with Crippen LogP contribution in [0, 0.1) is 6.92 Å². The molecule has 0 aromatic heterocycles. The van der Waals surface area contributed by atoms with Crippen LogP contribution in [0.5, 0.6) is 0 Å². The number of anilines is 1. The summed E-state index contributed by atoms with van der Waals surface area (Å²) in [7, 11) is -0.125. The minimum Gasteiger partial charge on any atom is -0.351 e. The van der Waals surface area contributed by atoms with E-state index < -0.39 is 10.0 Å². The summed E-state index contributed by atoms with van der Waals surface area (Å²) in [4.78, 5) is 12.1. The first kappa shape index (κ1) is 20.5. The van der Waals surface area contributed by atoms with Gasteiger partial charge in [0.2, 0.25) is 15.9 Å². The Morgan fingerprint density at radius 2 is 2.04 bits per heavy atom. The SMILES string of the molecule is CCCCC(=O)NC(CS(=O)(=O)Nc1ccc(C)cc1)C1CCSS1. The van der Waals surface area contributed by atoms with Gasteiger partial charge in [-0.1, -0.05) is 52.6 Å². The molecule has 1 heterocycles. The number of carbonyl (C=O) groups is 1. The molecule has 0 radical (unpaired) electrons. The second-order valence-electron chi connectivity index (χ2n) is 6.27. The van der Waals surface area contributed by atoms with E-state index in [0.717, 1.165) is 30.6 Å². The van der Waals surface area contributed by atoms with Gasteiger partial charge in [0.15, 0.2) is 0 Å². The lowest BCUT2D eigenvalue weighted by Crippen LogP contribution is -2.46. The molecule has 2 unspecified atom stereocenters. The van der Waals surface area contributed by atoms with Crippen LogP contribution in [0.4, 0.5) is 5.69 Å². The van der Waals surface area contributed by atoms with Crippen molar-refractivity contribution in [3.63, 3.8) is 0 Å². The number of rotatable bonds is 9. The van der Waals surface area contributed by atoms with Crippen molar-refractivity contribution >= 4 is 43.2 Å². The van der Waals surface area contributed by atoms with Crippen LogP contribution in [-0.2, 0) is 14.8 Å². The van der Waals surface area contributed by atoms with E-state index in [1.165, 1.54) is 0 Å². The molecular formula is C17H26N2O3S3. The second-order valence-corrected chi connectivity index (χ2v) is 10.8. The first-order valence-corrected chi connectivity index (χ1v) is 12.6. The number of hydrogen-bond acceptors (Lipinski definition) is 5. The van der Waals surface area contributed by atoms with Gasteiger partial charge in [0, 0.05) is 23.1 Å². The van der Waals surface area contributed by atoms with E-state index in [1.54, 1.807) is 33.7 Å². The zero-order chi connectivity index (χ0) is 18.3. The van der Waals surface area contributed by atoms with E-state index in [4.69, 9.17) is 0 Å². The molecule has 0 bridgehead atoms. The highest BCUT2D eigenvalue weighted by molar-refractivity contribution is 8.77. The van der Waals surface area contributed by atoms with Crippen molar-refractivity contribution in [2.45, 2.75) is 50.8 Å². The van der Waals surface area contributed by atoms with Crippen LogP contribution in [0.15, 0.2) is 24.3 Å². The summed E-state index contributed by atoms with van der Waals surface area (Å²) in [6.45, 7) is 3.99. The molecule has 5 nitrogen and oxygen atoms in total. The summed E-state index contributed by atoms with van der Waals surface area (Å²) in [6.07, 6.45) is 3.12. The van der Waals surface area contributed by atoms with Gasteiger partial charge in [-0.3, -0.25) is 9.52 Å². The summed E-state index contributed by atoms with van der Waals surface area (Å²) in [5.74, 6) is 0.828. The first-order chi connectivity index (χ1) is 11.9. The topological polar surface area (TPSA) is 75.3 Å². The maximum absolute atomic E-state index is 12.6. The van der Waals surface area contributed by atoms with Crippen LogP contribution in [0.3, 0.4) is 0 Å². The van der Waals surface area contributed by atoms with Gasteiger partial charge in [-0.2, -0.15) is 0 Å². The highest BCUT2D eigenvalue weighted by Crippen LogP contribution is 2.39. The highest BCUT2D eigenvalue weighted by atomic mass is 33.1. The molecule has 2 rings (SSSR count). The smallest absolute Gasteiger partial charge is 0.234 e. The summed E-state index contributed by atoms with van der Waals surface area (Å²) in [5, 5.41) is 3.08. The van der Waals surface area contributed by atoms with Crippen molar-refractivity contribution in [1.29, 1.82) is 0 Å². The van der Waals surface area contributed by atoms with E-state index in [9.17, 15) is 13.2 Å². The number of nitrogens with one attached hydrogen (secondary N) is 2. The van der Waals surface area contributed by atoms with Crippen molar-refractivity contribution in [3.8, 4) is 0 Å². The summed E-state index contributed by atoms with van der Waals surface area (Å²) >= 11 is 0. The van der Waals surface area contributed by atoms with Gasteiger partial charge < -0.3 is 5.32 Å². The Balaban J connectivity index is 2.03. The Morgan fingerprint density at radius 3 is 2.64 bits per heavy atom. The van der Waals surface area contributed by atoms with E-state index in [-0.39, 0.29) is 23.0 Å². The minimum absolute atomic E-state index is 0.0603. The molecular weight excluding hydrogens is 376 g/mol. The van der Waals surface area contributed by atoms with Gasteiger partial charge >= 0.3 is 0 Å². The zero-order valence-electron chi connectivity index (χ0n) is 14.7. The quantitative estimate of drug-likeness (QED) is 0.618. The average Bonchev–Trinajstić information content (AvgIpc) is 3.08. The van der Waals surface area contributed by atoms with E-state index in [1.807, 2.05) is 26.0 Å². The first-order valence-electron chi connectivity index (χ1n) is 8.54. The van der Waals surface area contributed by atoms with Crippen LogP contribution in [-0.4, -0.2) is 37.1 Å². The lowest BCUT2D eigenvalue weighted by atomic mass is 10.1. The number of aryl methyl sites for hydroxylation is 1. The molecule has 1 aromatic carbocycles. The van der Waals surface area contributed by atoms with Crippen LogP contribution >= 0.6 is 21.6 Å². The van der Waals surface area contributed by atoms with Gasteiger partial charge in [0.25, 0.3) is 0 Å². The van der Waals surface area contributed by atoms with Crippen LogP contribution in [0.25, 0.3) is 0 Å². The van der Waals surface area contributed by atoms with Crippen LogP contribution in [0.1, 0.15) is 38.2 Å². The van der Waals surface area contributed by atoms with Crippen molar-refractivity contribution in [1.82, 2.24) is 5.32 Å². The molecule has 0 aliphatic carbocycles. The predicted molar refractivity (Wildman–Crippen MR) is 108 cm³/mol. The third-order valence-corrected chi connectivity index (χ3v) is 8.30. The number of unbranched alkanes of at least 4 members (excludes halogenated alkanes) is 1. The molecule has 1 amide bonds. The molecule has 0 saturated carbocycles. The Bertz CT molecular complexity index is 656. The van der Waals surface area contributed by atoms with Gasteiger partial charge in [-0.25, -0.2) is 8.42 Å². The van der Waals surface area contributed by atoms with E-state index >= 15 is 0 Å². The van der Waals surface area contributed by atoms with E-state index in [0.29, 0.717) is 12.1 Å². The standard InChI is InChI=1S/C17H26N2O3S3/c1-3-4-5-17(20)18-15(16-10-11-23-24-16)12-25(21,22)19-14-8-6-13(2)7-9-14/h6-9,15-16,19H,3-5,10-12H2,1-2H3,(H,18,20). The number of amides is 1. The Kier molecular flexibility index (Phi) is 7.96. The minimum atomic E-state index is -3.54. The molecule has 8 heteroatoms. The van der Waals surface area contributed by atoms with Gasteiger partial charge in [-0.15, -0.1) is 0 Å². The maximum atomic E-state index is 12.6. The number of carbonyl (C=O) groups excluding carboxylic acids is 1. The van der Waals surface area contributed by atoms with Crippen molar-refractivity contribution < 1.29 is 13.2 Å². The van der Waals surface area contributed by atoms with Crippen molar-refractivity contribution in [3.05, 3.63) is 29.8 Å². The van der Waals surface area contributed by atoms with Gasteiger partial charge in [0.1, 0.15) is 0 Å². The van der Waals surface area contributed by atoms with Crippen LogP contribution in [0.2, 0.25) is 0 Å². The number of hydrogen-bond donors (Lipinski definition) is 2. The largest absolute Gasteiger partial charge is 0.351 e. The fourth-order valence-electron chi connectivity index (χ4n) is 2.55. The molecule has 1 saturated heterocycles. The van der Waals surface area contributed by atoms with Crippen molar-refractivity contribution in [2.75, 3.05) is 16.2 Å². The third kappa shape index (κ3) is 7.11. The zero-order valence-corrected chi connectivity index (χ0v) is 17.1. The van der Waals surface area contributed by atoms with Gasteiger partial charge in [-0.05, 0) is 31.9 Å². The predicted octanol–water partition coefficient (Wildman–Crippen LogP) is 3.57. The average molecular weight is 403 g/mol. The summed E-state index contributed by atoms with van der Waals surface area (Å²) in [6, 6.07) is 6.87. The number of sulfonamides is 1. The molecule has 1 aliphatic heterocycles. The fraction of sp³-hybridized carbons (Fsp3) is 0.588. The maximum Gasteiger partial charge on any atom is 0.234 e. The molecule has 2 atom stereocenters. The molecule has 140 valence electrons. The second kappa shape index (κ2) is 9.73. The molecule has 2 N–H and O–H groups in total. The molecule has 1 fully saturated rings. The monoisotopic (exact) mass is 402 g/mol. The Morgan fingerprint density at radius 1 is 1.32 bits per heavy atom. The Labute approximate surface area is 158 Å². The normalized spacial score (nSPS) is 18.7. The molecule has 0 spiro atoms. The fourth-order valence-corrected chi connectivity index (χ4v) is 7.12. The van der Waals surface area contributed by atoms with E-state index in [2.05, 4.69) is 10.0 Å². The highest BCUT2D eigenvalue weighted by Gasteiger charge is 2.31. The lowest BCUT2D eigenvalue weighted by molar-refractivity contribution is -0.121. The lowest BCUT2D eigenvalue weighted by Gasteiger charge is -2.24. The summed E-state index contributed by atoms with van der Waals surface area (Å²) < 4.78 is 27.8. The summed E-state index contributed by atoms with van der Waals surface area (Å²) in [5.41, 5.74) is 1.62.